The highest BCUT2D eigenvalue weighted by molar-refractivity contribution is 5.90. The van der Waals surface area contributed by atoms with Gasteiger partial charge >= 0.3 is 0 Å². The van der Waals surface area contributed by atoms with Crippen LogP contribution in [0.4, 0.5) is 11.5 Å². The molecule has 2 saturated carbocycles. The van der Waals surface area contributed by atoms with Crippen molar-refractivity contribution in [1.29, 1.82) is 0 Å². The molecule has 3 fully saturated rings. The van der Waals surface area contributed by atoms with Crippen LogP contribution in [0, 0.1) is 17.8 Å². The fourth-order valence-corrected chi connectivity index (χ4v) is 5.09. The summed E-state index contributed by atoms with van der Waals surface area (Å²) in [7, 11) is 0. The minimum absolute atomic E-state index is 0.140. The Hall–Kier alpha value is -1.62. The summed E-state index contributed by atoms with van der Waals surface area (Å²) in [6, 6.07) is 3.96. The number of nitrogens with one attached hydrogen (secondary N) is 1. The van der Waals surface area contributed by atoms with Crippen molar-refractivity contribution in [3.8, 4) is 0 Å². The Labute approximate surface area is 150 Å². The lowest BCUT2D eigenvalue weighted by Crippen LogP contribution is -2.45. The first kappa shape index (κ1) is 16.8. The maximum absolute atomic E-state index is 12.4. The molecule has 0 radical (unpaired) electrons. The van der Waals surface area contributed by atoms with Crippen LogP contribution in [0.3, 0.4) is 0 Å². The van der Waals surface area contributed by atoms with Crippen LogP contribution in [0.5, 0.6) is 0 Å². The van der Waals surface area contributed by atoms with E-state index in [9.17, 15) is 4.79 Å². The summed E-state index contributed by atoms with van der Waals surface area (Å²) in [4.78, 5) is 19.2. The second-order valence-electron chi connectivity index (χ2n) is 8.25. The lowest BCUT2D eigenvalue weighted by atomic mass is 9.86. The van der Waals surface area contributed by atoms with Gasteiger partial charge in [0.05, 0.1) is 24.1 Å². The molecule has 5 atom stereocenters. The van der Waals surface area contributed by atoms with Crippen molar-refractivity contribution in [2.24, 2.45) is 17.8 Å². The number of aromatic nitrogens is 1. The number of hydrogen-bond acceptors (Lipinski definition) is 4. The molecular weight excluding hydrogens is 314 g/mol. The minimum Gasteiger partial charge on any atom is -0.372 e. The van der Waals surface area contributed by atoms with Crippen molar-refractivity contribution >= 4 is 17.4 Å². The lowest BCUT2D eigenvalue weighted by molar-refractivity contribution is -0.117. The van der Waals surface area contributed by atoms with Crippen molar-refractivity contribution < 1.29 is 9.53 Å². The van der Waals surface area contributed by atoms with Gasteiger partial charge in [0.1, 0.15) is 5.82 Å². The first-order valence-electron chi connectivity index (χ1n) is 9.73. The smallest absolute Gasteiger partial charge is 0.224 e. The van der Waals surface area contributed by atoms with Gasteiger partial charge in [0.15, 0.2) is 0 Å². The number of ether oxygens (including phenoxy) is 1. The molecule has 5 heteroatoms. The molecule has 1 aromatic heterocycles. The fourth-order valence-electron chi connectivity index (χ4n) is 5.09. The van der Waals surface area contributed by atoms with Gasteiger partial charge in [0.2, 0.25) is 5.91 Å². The highest BCUT2D eigenvalue weighted by Crippen LogP contribution is 2.49. The summed E-state index contributed by atoms with van der Waals surface area (Å²) in [5.41, 5.74) is 0.797. The second kappa shape index (κ2) is 6.94. The third-order valence-electron chi connectivity index (χ3n) is 6.11. The predicted octanol–water partition coefficient (Wildman–Crippen LogP) is 3.46. The Kier molecular flexibility index (Phi) is 4.67. The van der Waals surface area contributed by atoms with Gasteiger partial charge in [-0.15, -0.1) is 0 Å². The minimum atomic E-state index is 0.140. The summed E-state index contributed by atoms with van der Waals surface area (Å²) in [6.45, 7) is 5.89. The number of rotatable bonds is 4. The summed E-state index contributed by atoms with van der Waals surface area (Å²) in [6.07, 6.45) is 8.19. The van der Waals surface area contributed by atoms with Crippen LogP contribution in [-0.2, 0) is 9.53 Å². The lowest BCUT2D eigenvalue weighted by Gasteiger charge is -2.36. The molecule has 5 nitrogen and oxygen atoms in total. The van der Waals surface area contributed by atoms with Crippen LogP contribution < -0.4 is 10.2 Å². The zero-order valence-electron chi connectivity index (χ0n) is 15.3. The van der Waals surface area contributed by atoms with E-state index in [2.05, 4.69) is 29.0 Å². The van der Waals surface area contributed by atoms with E-state index < -0.39 is 0 Å². The van der Waals surface area contributed by atoms with Crippen molar-refractivity contribution in [2.75, 3.05) is 23.3 Å². The van der Waals surface area contributed by atoms with Crippen LogP contribution >= 0.6 is 0 Å². The summed E-state index contributed by atoms with van der Waals surface area (Å²) >= 11 is 0. The third kappa shape index (κ3) is 3.81. The van der Waals surface area contributed by atoms with Crippen LogP contribution in [-0.4, -0.2) is 36.2 Å². The molecular formula is C20H29N3O2. The molecule has 3 aliphatic rings. The highest BCUT2D eigenvalue weighted by Gasteiger charge is 2.40. The van der Waals surface area contributed by atoms with Gasteiger partial charge in [-0.3, -0.25) is 4.79 Å². The van der Waals surface area contributed by atoms with Gasteiger partial charge in [0, 0.05) is 19.5 Å². The standard InChI is InChI=1S/C20H29N3O2/c1-13-11-23(12-14(2)25-13)19-6-5-18(10-21-19)22-20(24)9-17-8-15-3-4-16(17)7-15/h5-6,10,13-17H,3-4,7-9,11-12H2,1-2H3,(H,22,24). The molecule has 136 valence electrons. The monoisotopic (exact) mass is 343 g/mol. The van der Waals surface area contributed by atoms with Crippen LogP contribution in [0.2, 0.25) is 0 Å². The van der Waals surface area contributed by atoms with Crippen LogP contribution in [0.15, 0.2) is 18.3 Å². The summed E-state index contributed by atoms with van der Waals surface area (Å²) < 4.78 is 5.77. The third-order valence-corrected chi connectivity index (χ3v) is 6.11. The quantitative estimate of drug-likeness (QED) is 0.910. The van der Waals surface area contributed by atoms with Crippen molar-refractivity contribution in [2.45, 2.75) is 58.2 Å². The molecule has 0 spiro atoms. The summed E-state index contributed by atoms with van der Waals surface area (Å²) in [5, 5.41) is 3.03. The average molecular weight is 343 g/mol. The highest BCUT2D eigenvalue weighted by atomic mass is 16.5. The number of pyridine rings is 1. The Balaban J connectivity index is 1.32. The molecule has 2 heterocycles. The van der Waals surface area contributed by atoms with E-state index in [1.54, 1.807) is 6.20 Å². The summed E-state index contributed by atoms with van der Waals surface area (Å²) in [5.74, 6) is 3.37. The molecule has 4 rings (SSSR count). The van der Waals surface area contributed by atoms with Gasteiger partial charge in [0.25, 0.3) is 0 Å². The number of carbonyl (C=O) groups excluding carboxylic acids is 1. The average Bonchev–Trinajstić information content (AvgIpc) is 3.17. The number of anilines is 2. The number of hydrogen-bond donors (Lipinski definition) is 1. The van der Waals surface area contributed by atoms with E-state index in [4.69, 9.17) is 4.74 Å². The maximum Gasteiger partial charge on any atom is 0.224 e. The first-order valence-corrected chi connectivity index (χ1v) is 9.73. The molecule has 2 bridgehead atoms. The molecule has 25 heavy (non-hydrogen) atoms. The number of fused-ring (bicyclic) bond motifs is 2. The van der Waals surface area contributed by atoms with Crippen molar-refractivity contribution in [3.63, 3.8) is 0 Å². The molecule has 5 unspecified atom stereocenters. The number of carbonyl (C=O) groups is 1. The normalized spacial score (nSPS) is 34.3. The predicted molar refractivity (Wildman–Crippen MR) is 98.6 cm³/mol. The van der Waals surface area contributed by atoms with E-state index >= 15 is 0 Å². The van der Waals surface area contributed by atoms with Crippen LogP contribution in [0.1, 0.15) is 46.0 Å². The van der Waals surface area contributed by atoms with Gasteiger partial charge in [-0.05, 0) is 63.0 Å². The topological polar surface area (TPSA) is 54.5 Å². The Morgan fingerprint density at radius 3 is 2.64 bits per heavy atom. The SMILES string of the molecule is CC1CN(c2ccc(NC(=O)CC3CC4CCC3C4)cn2)CC(C)O1. The molecule has 1 aromatic rings. The second-order valence-corrected chi connectivity index (χ2v) is 8.25. The largest absolute Gasteiger partial charge is 0.372 e. The van der Waals surface area contributed by atoms with Gasteiger partial charge in [-0.25, -0.2) is 4.98 Å². The Morgan fingerprint density at radius 1 is 1.24 bits per heavy atom. The number of amides is 1. The molecule has 1 aliphatic heterocycles. The first-order chi connectivity index (χ1) is 12.1. The molecule has 1 amide bonds. The molecule has 1 saturated heterocycles. The van der Waals surface area contributed by atoms with Gasteiger partial charge in [-0.1, -0.05) is 6.42 Å². The van der Waals surface area contributed by atoms with E-state index in [0.717, 1.165) is 36.4 Å². The number of morpholine rings is 1. The Bertz CT molecular complexity index is 608. The van der Waals surface area contributed by atoms with Gasteiger partial charge in [-0.2, -0.15) is 0 Å². The maximum atomic E-state index is 12.4. The molecule has 2 aliphatic carbocycles. The molecule has 0 aromatic carbocycles. The Morgan fingerprint density at radius 2 is 2.04 bits per heavy atom. The fraction of sp³-hybridized carbons (Fsp3) is 0.700. The van der Waals surface area contributed by atoms with Crippen molar-refractivity contribution in [3.05, 3.63) is 18.3 Å². The zero-order valence-corrected chi connectivity index (χ0v) is 15.3. The van der Waals surface area contributed by atoms with E-state index in [-0.39, 0.29) is 18.1 Å². The molecule has 1 N–H and O–H groups in total. The van der Waals surface area contributed by atoms with Gasteiger partial charge < -0.3 is 15.0 Å². The van der Waals surface area contributed by atoms with E-state index in [1.165, 1.54) is 25.7 Å². The van der Waals surface area contributed by atoms with E-state index in [1.807, 2.05) is 12.1 Å². The zero-order chi connectivity index (χ0) is 17.4. The van der Waals surface area contributed by atoms with Crippen molar-refractivity contribution in [1.82, 2.24) is 4.98 Å². The van der Waals surface area contributed by atoms with E-state index in [0.29, 0.717) is 12.3 Å². The van der Waals surface area contributed by atoms with Crippen LogP contribution in [0.25, 0.3) is 0 Å². The number of nitrogens with zero attached hydrogens (tertiary/aromatic N) is 2.